The van der Waals surface area contributed by atoms with Gasteiger partial charge in [-0.1, -0.05) is 48.5 Å². The van der Waals surface area contributed by atoms with Gasteiger partial charge in [0.15, 0.2) is 0 Å². The molecule has 1 fully saturated rings. The molecular formula is C27H30N2O5. The quantitative estimate of drug-likeness (QED) is 0.568. The van der Waals surface area contributed by atoms with Gasteiger partial charge in [-0.3, -0.25) is 0 Å². The molecule has 7 nitrogen and oxygen atoms in total. The van der Waals surface area contributed by atoms with Crippen LogP contribution in [0.2, 0.25) is 0 Å². The van der Waals surface area contributed by atoms with Gasteiger partial charge in [0, 0.05) is 24.2 Å². The smallest absolute Gasteiger partial charge is 0.414 e. The number of likely N-dealkylation sites (tertiary alicyclic amines) is 1. The van der Waals surface area contributed by atoms with E-state index in [2.05, 4.69) is 82.4 Å². The molecule has 7 heteroatoms. The van der Waals surface area contributed by atoms with Crippen molar-refractivity contribution in [1.82, 2.24) is 9.47 Å². The fraction of sp³-hybridized carbons (Fsp3) is 0.333. The van der Waals surface area contributed by atoms with Crippen molar-refractivity contribution < 1.29 is 24.5 Å². The van der Waals surface area contributed by atoms with Crippen LogP contribution in [0.15, 0.2) is 72.9 Å². The lowest BCUT2D eigenvalue weighted by atomic mass is 9.89. The number of carboxylic acids is 2. The highest BCUT2D eigenvalue weighted by molar-refractivity contribution is 6.27. The standard InChI is InChI=1S/C25H28N2O.C2H2O4/c1-2-7-20(8-3-1)12-16-26-17-13-21(14-18-26)25-23-10-6-15-27(23)19-22-9-4-5-11-24(22)28-25;3-1(4)2(5)6/h1-11,15,21,25H,12-14,16-19H2;(H,3,4)(H,5,6). The van der Waals surface area contributed by atoms with Crippen molar-refractivity contribution in [1.29, 1.82) is 0 Å². The lowest BCUT2D eigenvalue weighted by molar-refractivity contribution is -0.159. The summed E-state index contributed by atoms with van der Waals surface area (Å²) in [4.78, 5) is 20.8. The van der Waals surface area contributed by atoms with Crippen LogP contribution in [0.1, 0.15) is 35.8 Å². The number of fused-ring (bicyclic) bond motifs is 2. The molecule has 178 valence electrons. The van der Waals surface area contributed by atoms with E-state index in [0.717, 1.165) is 25.3 Å². The maximum absolute atomic E-state index is 9.10. The number of piperidine rings is 1. The van der Waals surface area contributed by atoms with Crippen LogP contribution in [0, 0.1) is 5.92 Å². The van der Waals surface area contributed by atoms with Crippen molar-refractivity contribution in [2.75, 3.05) is 19.6 Å². The first kappa shape index (κ1) is 23.6. The number of ether oxygens (including phenoxy) is 1. The largest absolute Gasteiger partial charge is 0.484 e. The van der Waals surface area contributed by atoms with Gasteiger partial charge in [0.2, 0.25) is 0 Å². The van der Waals surface area contributed by atoms with Crippen molar-refractivity contribution in [2.24, 2.45) is 5.92 Å². The minimum Gasteiger partial charge on any atom is -0.484 e. The van der Waals surface area contributed by atoms with Crippen molar-refractivity contribution in [2.45, 2.75) is 31.9 Å². The fourth-order valence-corrected chi connectivity index (χ4v) is 4.71. The number of aromatic nitrogens is 1. The normalized spacial score (nSPS) is 17.8. The van der Waals surface area contributed by atoms with E-state index in [0.29, 0.717) is 5.92 Å². The van der Waals surface area contributed by atoms with E-state index >= 15 is 0 Å². The summed E-state index contributed by atoms with van der Waals surface area (Å²) in [5.41, 5.74) is 4.05. The van der Waals surface area contributed by atoms with Crippen LogP contribution in [-0.4, -0.2) is 51.3 Å². The topological polar surface area (TPSA) is 92.0 Å². The zero-order chi connectivity index (χ0) is 23.9. The maximum atomic E-state index is 9.10. The van der Waals surface area contributed by atoms with Crippen molar-refractivity contribution in [3.05, 3.63) is 89.7 Å². The third kappa shape index (κ3) is 5.85. The Morgan fingerprint density at radius 1 is 0.882 bits per heavy atom. The number of aliphatic carboxylic acids is 2. The summed E-state index contributed by atoms with van der Waals surface area (Å²) in [5.74, 6) is -2.01. The second-order valence-electron chi connectivity index (χ2n) is 8.73. The minimum absolute atomic E-state index is 0.162. The Morgan fingerprint density at radius 2 is 1.56 bits per heavy atom. The zero-order valence-electron chi connectivity index (χ0n) is 19.0. The lowest BCUT2D eigenvalue weighted by Gasteiger charge is -2.36. The van der Waals surface area contributed by atoms with Crippen LogP contribution < -0.4 is 4.74 Å². The van der Waals surface area contributed by atoms with Gasteiger partial charge in [0.05, 0.1) is 12.2 Å². The molecule has 2 N–H and O–H groups in total. The monoisotopic (exact) mass is 462 g/mol. The Balaban J connectivity index is 0.000000408. The van der Waals surface area contributed by atoms with Crippen LogP contribution in [0.3, 0.4) is 0 Å². The third-order valence-corrected chi connectivity index (χ3v) is 6.53. The molecule has 0 amide bonds. The third-order valence-electron chi connectivity index (χ3n) is 6.53. The fourth-order valence-electron chi connectivity index (χ4n) is 4.71. The molecule has 0 aliphatic carbocycles. The summed E-state index contributed by atoms with van der Waals surface area (Å²) in [6.45, 7) is 4.39. The first-order valence-electron chi connectivity index (χ1n) is 11.6. The summed E-state index contributed by atoms with van der Waals surface area (Å²) in [7, 11) is 0. The van der Waals surface area contributed by atoms with Gasteiger partial charge >= 0.3 is 11.9 Å². The second kappa shape index (κ2) is 11.0. The summed E-state index contributed by atoms with van der Waals surface area (Å²) in [6, 6.07) is 23.8. The highest BCUT2D eigenvalue weighted by Crippen LogP contribution is 2.38. The lowest BCUT2D eigenvalue weighted by Crippen LogP contribution is -2.38. The van der Waals surface area contributed by atoms with Crippen molar-refractivity contribution in [3.63, 3.8) is 0 Å². The number of nitrogens with zero attached hydrogens (tertiary/aromatic N) is 2. The van der Waals surface area contributed by atoms with Gasteiger partial charge in [-0.25, -0.2) is 9.59 Å². The van der Waals surface area contributed by atoms with Crippen LogP contribution in [0.5, 0.6) is 5.75 Å². The predicted molar refractivity (Wildman–Crippen MR) is 128 cm³/mol. The number of para-hydroxylation sites is 1. The Bertz CT molecular complexity index is 1090. The molecule has 0 radical (unpaired) electrons. The SMILES string of the molecule is O=C(O)C(=O)O.c1ccc(CCN2CCC(C3Oc4ccccc4Cn4cccc43)CC2)cc1. The molecule has 0 spiro atoms. The molecule has 1 unspecified atom stereocenters. The first-order valence-corrected chi connectivity index (χ1v) is 11.6. The number of hydrogen-bond acceptors (Lipinski definition) is 4. The van der Waals surface area contributed by atoms with Gasteiger partial charge in [-0.15, -0.1) is 0 Å². The Hall–Kier alpha value is -3.58. The average molecular weight is 463 g/mol. The Morgan fingerprint density at radius 3 is 2.26 bits per heavy atom. The van der Waals surface area contributed by atoms with E-state index in [1.165, 1.54) is 42.8 Å². The molecule has 1 aromatic heterocycles. The highest BCUT2D eigenvalue weighted by Gasteiger charge is 2.32. The number of carbonyl (C=O) groups is 2. The van der Waals surface area contributed by atoms with Gasteiger partial charge in [-0.05, 0) is 56.1 Å². The maximum Gasteiger partial charge on any atom is 0.414 e. The Labute approximate surface area is 199 Å². The van der Waals surface area contributed by atoms with E-state index < -0.39 is 11.9 Å². The van der Waals surface area contributed by atoms with Gasteiger partial charge in [-0.2, -0.15) is 0 Å². The van der Waals surface area contributed by atoms with Crippen molar-refractivity contribution in [3.8, 4) is 5.75 Å². The summed E-state index contributed by atoms with van der Waals surface area (Å²) in [6.07, 6.45) is 5.90. The van der Waals surface area contributed by atoms with E-state index in [1.54, 1.807) is 0 Å². The molecule has 3 heterocycles. The molecule has 0 saturated carbocycles. The molecule has 0 bridgehead atoms. The Kier molecular flexibility index (Phi) is 7.65. The zero-order valence-corrected chi connectivity index (χ0v) is 19.0. The first-order chi connectivity index (χ1) is 16.5. The molecular weight excluding hydrogens is 432 g/mol. The van der Waals surface area contributed by atoms with Crippen molar-refractivity contribution >= 4 is 11.9 Å². The van der Waals surface area contributed by atoms with E-state index in [4.69, 9.17) is 24.5 Å². The molecule has 2 aliphatic rings. The predicted octanol–water partition coefficient (Wildman–Crippen LogP) is 4.08. The molecule has 1 saturated heterocycles. The van der Waals surface area contributed by atoms with E-state index in [9.17, 15) is 0 Å². The number of hydrogen-bond donors (Lipinski definition) is 2. The average Bonchev–Trinajstić information content (AvgIpc) is 3.25. The van der Waals surface area contributed by atoms with Crippen LogP contribution in [0.4, 0.5) is 0 Å². The highest BCUT2D eigenvalue weighted by atomic mass is 16.5. The van der Waals surface area contributed by atoms with E-state index in [-0.39, 0.29) is 6.10 Å². The number of carboxylic acid groups (broad SMARTS) is 2. The molecule has 3 aromatic rings. The van der Waals surface area contributed by atoms with Crippen LogP contribution >= 0.6 is 0 Å². The molecule has 34 heavy (non-hydrogen) atoms. The van der Waals surface area contributed by atoms with Gasteiger partial charge < -0.3 is 24.4 Å². The number of benzene rings is 2. The van der Waals surface area contributed by atoms with E-state index in [1.807, 2.05) is 0 Å². The summed E-state index contributed by atoms with van der Waals surface area (Å²) in [5, 5.41) is 14.8. The number of rotatable bonds is 4. The minimum atomic E-state index is -1.82. The molecule has 5 rings (SSSR count). The van der Waals surface area contributed by atoms with Crippen LogP contribution in [-0.2, 0) is 22.6 Å². The molecule has 2 aromatic carbocycles. The summed E-state index contributed by atoms with van der Waals surface area (Å²) < 4.78 is 8.98. The second-order valence-corrected chi connectivity index (χ2v) is 8.73. The molecule has 1 atom stereocenters. The molecule has 2 aliphatic heterocycles. The van der Waals surface area contributed by atoms with Crippen LogP contribution in [0.25, 0.3) is 0 Å². The summed E-state index contributed by atoms with van der Waals surface area (Å²) >= 11 is 0. The van der Waals surface area contributed by atoms with Gasteiger partial charge in [0.25, 0.3) is 0 Å². The van der Waals surface area contributed by atoms with Gasteiger partial charge in [0.1, 0.15) is 11.9 Å².